The molecule has 0 aliphatic carbocycles. The van der Waals surface area contributed by atoms with Crippen molar-refractivity contribution in [3.8, 4) is 0 Å². The molecule has 0 amide bonds. The van der Waals surface area contributed by atoms with Crippen LogP contribution in [0.15, 0.2) is 0 Å². The molecule has 0 rings (SSSR count). The molecule has 0 heterocycles. The second kappa shape index (κ2) is 18.8. The summed E-state index contributed by atoms with van der Waals surface area (Å²) in [6.45, 7) is 0. The van der Waals surface area contributed by atoms with Crippen molar-refractivity contribution in [3.63, 3.8) is 0 Å². The summed E-state index contributed by atoms with van der Waals surface area (Å²) in [5.74, 6) is 0. The Bertz CT molecular complexity index is 13.5. The van der Waals surface area contributed by atoms with Crippen molar-refractivity contribution in [2.75, 3.05) is 0 Å². The summed E-state index contributed by atoms with van der Waals surface area (Å²) >= 11 is 0. The van der Waals surface area contributed by atoms with E-state index in [1.807, 2.05) is 0 Å². The van der Waals surface area contributed by atoms with Crippen LogP contribution in [0.5, 0.6) is 0 Å². The summed E-state index contributed by atoms with van der Waals surface area (Å²) in [4.78, 5) is 0. The summed E-state index contributed by atoms with van der Waals surface area (Å²) in [5, 5.41) is 0. The smallest absolute Gasteiger partial charge is 1.00 e. The molecule has 0 unspecified atom stereocenters. The summed E-state index contributed by atoms with van der Waals surface area (Å²) in [6, 6.07) is 0. The molecule has 0 aromatic heterocycles. The van der Waals surface area contributed by atoms with Crippen LogP contribution in [-0.4, -0.2) is 51.4 Å². The van der Waals surface area contributed by atoms with Gasteiger partial charge in [0.1, 0.15) is 0 Å². The van der Waals surface area contributed by atoms with Crippen LogP contribution in [-0.2, 0) is 21.7 Å². The second-order valence-electron chi connectivity index (χ2n) is 0. The number of hydrogen-bond acceptors (Lipinski definition) is 0. The van der Waals surface area contributed by atoms with Crippen molar-refractivity contribution in [1.29, 1.82) is 0 Å². The first-order valence-corrected chi connectivity index (χ1v) is 0. The molecule has 0 aliphatic rings. The summed E-state index contributed by atoms with van der Waals surface area (Å²) in [6.07, 6.45) is 0. The molecule has 0 fully saturated rings. The predicted molar refractivity (Wildman–Crippen MR) is 29.3 cm³/mol. The van der Waals surface area contributed by atoms with Crippen LogP contribution in [0.4, 0.5) is 0 Å². The van der Waals surface area contributed by atoms with E-state index in [1.165, 1.54) is 0 Å². The number of rotatable bonds is 0. The standard InChI is InChI=1S/Al.Mg.H4Si.Ti.5H/h;;1H4;;;;;;/q;+2;;;;;;2*-1. The molecule has 0 saturated heterocycles. The fourth-order valence-electron chi connectivity index (χ4n) is 0. The maximum Gasteiger partial charge on any atom is 2.00 e. The SMILES string of the molecule is [AlH3].[H-].[H-].[Mg+2].[SiH4].[Ti]. The van der Waals surface area contributed by atoms with Crippen LogP contribution in [0, 0.1) is 0 Å². The van der Waals surface area contributed by atoms with Gasteiger partial charge in [0.2, 0.25) is 0 Å². The fourth-order valence-corrected chi connectivity index (χ4v) is 0. The third-order valence-corrected chi connectivity index (χ3v) is 0. The van der Waals surface area contributed by atoms with E-state index in [0.717, 1.165) is 0 Å². The van der Waals surface area contributed by atoms with Crippen molar-refractivity contribution in [2.24, 2.45) is 0 Å². The van der Waals surface area contributed by atoms with Crippen LogP contribution in [0.2, 0.25) is 0 Å². The van der Waals surface area contributed by atoms with Crippen LogP contribution < -0.4 is 0 Å². The zero-order valence-corrected chi connectivity index (χ0v) is 4.18. The van der Waals surface area contributed by atoms with E-state index in [1.54, 1.807) is 0 Å². The molecule has 0 nitrogen and oxygen atoms in total. The van der Waals surface area contributed by atoms with Gasteiger partial charge < -0.3 is 2.85 Å². The minimum absolute atomic E-state index is 0. The topological polar surface area (TPSA) is 0 Å². The first kappa shape index (κ1) is 34.3. The van der Waals surface area contributed by atoms with Crippen molar-refractivity contribution in [3.05, 3.63) is 0 Å². The van der Waals surface area contributed by atoms with Gasteiger partial charge in [0.15, 0.2) is 17.4 Å². The molecular formula is H9AlMgSiTi. The van der Waals surface area contributed by atoms with Gasteiger partial charge in [-0.15, -0.1) is 0 Å². The van der Waals surface area contributed by atoms with E-state index in [4.69, 9.17) is 0 Å². The zero-order valence-electron chi connectivity index (χ0n) is 3.21. The van der Waals surface area contributed by atoms with Gasteiger partial charge in [0.25, 0.3) is 0 Å². The van der Waals surface area contributed by atoms with E-state index in [-0.39, 0.29) is 76.0 Å². The Hall–Kier alpha value is 2.23. The molecule has 0 radical (unpaired) electrons. The normalized spacial score (nSPS) is 0. The Kier molecular flexibility index (Phi) is 161. The first-order valence-electron chi connectivity index (χ1n) is 0. The summed E-state index contributed by atoms with van der Waals surface area (Å²) < 4.78 is 0. The molecule has 0 atom stereocenters. The van der Waals surface area contributed by atoms with Crippen LogP contribution in [0.25, 0.3) is 0 Å². The van der Waals surface area contributed by atoms with Gasteiger partial charge in [0.05, 0.1) is 0 Å². The minimum atomic E-state index is 0. The van der Waals surface area contributed by atoms with Crippen molar-refractivity contribution >= 4 is 51.4 Å². The fraction of sp³-hybridized carbons (Fsp3) is 0. The molecule has 0 aromatic carbocycles. The third kappa shape index (κ3) is 8.87. The second-order valence-corrected chi connectivity index (χ2v) is 0. The van der Waals surface area contributed by atoms with Crippen LogP contribution in [0.3, 0.4) is 0 Å². The van der Waals surface area contributed by atoms with E-state index < -0.39 is 0 Å². The van der Waals surface area contributed by atoms with Gasteiger partial charge in [-0.2, -0.15) is 0 Å². The molecule has 4 heavy (non-hydrogen) atoms. The Morgan fingerprint density at radius 2 is 1.25 bits per heavy atom. The van der Waals surface area contributed by atoms with E-state index in [0.29, 0.717) is 0 Å². The van der Waals surface area contributed by atoms with Crippen molar-refractivity contribution in [2.45, 2.75) is 0 Å². The van der Waals surface area contributed by atoms with E-state index >= 15 is 0 Å². The molecule has 4 heteroatoms. The van der Waals surface area contributed by atoms with Gasteiger partial charge >= 0.3 is 23.1 Å². The third-order valence-electron chi connectivity index (χ3n) is 0. The molecular weight excluding hydrogens is 127 g/mol. The quantitative estimate of drug-likeness (QED) is 0.316. The Morgan fingerprint density at radius 1 is 1.25 bits per heavy atom. The van der Waals surface area contributed by atoms with Crippen LogP contribution in [0.1, 0.15) is 2.85 Å². The molecule has 0 spiro atoms. The maximum absolute atomic E-state index is 0. The Labute approximate surface area is 75.3 Å². The van der Waals surface area contributed by atoms with Crippen molar-refractivity contribution in [1.82, 2.24) is 0 Å². The number of hydrogen-bond donors (Lipinski definition) is 0. The van der Waals surface area contributed by atoms with Crippen molar-refractivity contribution < 1.29 is 24.6 Å². The molecule has 22 valence electrons. The van der Waals surface area contributed by atoms with Gasteiger partial charge in [-0.1, -0.05) is 0 Å². The minimum Gasteiger partial charge on any atom is -1.00 e. The molecule has 0 aromatic rings. The van der Waals surface area contributed by atoms with Gasteiger partial charge in [-0.25, -0.2) is 0 Å². The molecule has 0 saturated carbocycles. The van der Waals surface area contributed by atoms with E-state index in [2.05, 4.69) is 0 Å². The Balaban J connectivity index is 0. The van der Waals surface area contributed by atoms with Crippen LogP contribution >= 0.6 is 0 Å². The molecule has 0 N–H and O–H groups in total. The van der Waals surface area contributed by atoms with Gasteiger partial charge in [-0.05, 0) is 11.0 Å². The summed E-state index contributed by atoms with van der Waals surface area (Å²) in [5.41, 5.74) is 0. The average Bonchev–Trinajstić information content (AvgIpc) is 0. The van der Waals surface area contributed by atoms with Gasteiger partial charge in [-0.3, -0.25) is 0 Å². The van der Waals surface area contributed by atoms with E-state index in [9.17, 15) is 0 Å². The average molecular weight is 136 g/mol. The maximum atomic E-state index is 0. The largest absolute Gasteiger partial charge is 2.00 e. The monoisotopic (exact) mass is 136 g/mol. The first-order chi connectivity index (χ1) is 0. The zero-order chi connectivity index (χ0) is 0. The van der Waals surface area contributed by atoms with Gasteiger partial charge in [0, 0.05) is 21.7 Å². The molecule has 0 aliphatic heterocycles. The Morgan fingerprint density at radius 3 is 1.25 bits per heavy atom. The summed E-state index contributed by atoms with van der Waals surface area (Å²) in [7, 11) is 0. The molecule has 0 bridgehead atoms. The predicted octanol–water partition coefficient (Wildman–Crippen LogP) is -2.79.